The van der Waals surface area contributed by atoms with Gasteiger partial charge >= 0.3 is 0 Å². The molecular formula is C62H45IrN3OS-2. The number of pyridine rings is 1. The monoisotopic (exact) mass is 1070 g/mol. The van der Waals surface area contributed by atoms with Crippen molar-refractivity contribution in [1.82, 2.24) is 14.5 Å². The summed E-state index contributed by atoms with van der Waals surface area (Å²) in [5.41, 5.74) is 13.1. The van der Waals surface area contributed by atoms with E-state index in [1.165, 1.54) is 69.7 Å². The average molecular weight is 1070 g/mol. The van der Waals surface area contributed by atoms with E-state index < -0.39 is 0 Å². The van der Waals surface area contributed by atoms with E-state index >= 15 is 0 Å². The van der Waals surface area contributed by atoms with Crippen LogP contribution in [-0.2, 0) is 20.1 Å². The molecule has 0 atom stereocenters. The summed E-state index contributed by atoms with van der Waals surface area (Å²) < 4.78 is 11.2. The number of thiophene rings is 1. The Morgan fingerprint density at radius 1 is 0.559 bits per heavy atom. The Morgan fingerprint density at radius 3 is 2.07 bits per heavy atom. The summed E-state index contributed by atoms with van der Waals surface area (Å²) in [6.07, 6.45) is 1.80. The second kappa shape index (κ2) is 17.8. The van der Waals surface area contributed by atoms with Crippen molar-refractivity contribution in [3.63, 3.8) is 0 Å². The first-order valence-corrected chi connectivity index (χ1v) is 23.8. The van der Waals surface area contributed by atoms with Crippen LogP contribution in [-0.4, -0.2) is 14.5 Å². The molecule has 13 aromatic rings. The molecule has 331 valence electrons. The molecule has 0 amide bonds. The number of aromatic nitrogens is 3. The number of imidazole rings is 1. The van der Waals surface area contributed by atoms with Gasteiger partial charge in [0.25, 0.3) is 0 Å². The summed E-state index contributed by atoms with van der Waals surface area (Å²) in [5.74, 6) is 1.58. The molecule has 1 radical (unpaired) electrons. The molecule has 0 aliphatic carbocycles. The van der Waals surface area contributed by atoms with E-state index in [9.17, 15) is 0 Å². The van der Waals surface area contributed by atoms with Crippen LogP contribution in [0.3, 0.4) is 0 Å². The molecule has 13 rings (SSSR count). The number of fused-ring (bicyclic) bond motifs is 10. The van der Waals surface area contributed by atoms with Crippen molar-refractivity contribution in [1.29, 1.82) is 0 Å². The SMILES string of the molecule is CC(C)c1cc(-c2ccccc2)cc(C(C)C)c1-n1c(-c2[c-]cc3c(ccc4ccccc43)c2)nc2ccccc21.[Ir].[c-]1ccc2c(oc3cc4sc5ccccc5c4cc32)c1-c1ccccn1. The van der Waals surface area contributed by atoms with Crippen LogP contribution >= 0.6 is 11.3 Å². The van der Waals surface area contributed by atoms with Crippen LogP contribution in [0.15, 0.2) is 193 Å². The number of para-hydroxylation sites is 2. The quantitative estimate of drug-likeness (QED) is 0.123. The van der Waals surface area contributed by atoms with Gasteiger partial charge in [-0.15, -0.1) is 58.7 Å². The van der Waals surface area contributed by atoms with Crippen molar-refractivity contribution >= 4 is 86.0 Å². The molecule has 0 saturated carbocycles. The number of rotatable bonds is 6. The molecule has 0 aliphatic heterocycles. The predicted molar refractivity (Wildman–Crippen MR) is 283 cm³/mol. The van der Waals surface area contributed by atoms with Crippen LogP contribution in [0.2, 0.25) is 0 Å². The molecule has 0 bridgehead atoms. The first-order valence-electron chi connectivity index (χ1n) is 23.0. The molecule has 0 saturated heterocycles. The van der Waals surface area contributed by atoms with Gasteiger partial charge in [0.15, 0.2) is 0 Å². The van der Waals surface area contributed by atoms with Crippen LogP contribution in [0, 0.1) is 12.1 Å². The smallest absolute Gasteiger partial charge is 0.122 e. The number of furan rings is 1. The first-order chi connectivity index (χ1) is 32.9. The Labute approximate surface area is 412 Å². The Bertz CT molecular complexity index is 3970. The van der Waals surface area contributed by atoms with Crippen LogP contribution in [0.25, 0.3) is 114 Å². The minimum atomic E-state index is 0. The molecule has 6 heteroatoms. The minimum Gasteiger partial charge on any atom is -0.501 e. The van der Waals surface area contributed by atoms with Gasteiger partial charge in [-0.3, -0.25) is 4.98 Å². The third-order valence-corrected chi connectivity index (χ3v) is 14.2. The third kappa shape index (κ3) is 7.50. The summed E-state index contributed by atoms with van der Waals surface area (Å²) >= 11 is 1.81. The maximum atomic E-state index is 6.28. The van der Waals surface area contributed by atoms with Gasteiger partial charge in [0, 0.05) is 57.5 Å². The first kappa shape index (κ1) is 43.4. The summed E-state index contributed by atoms with van der Waals surface area (Å²) in [7, 11) is 0. The summed E-state index contributed by atoms with van der Waals surface area (Å²) in [6.45, 7) is 9.18. The zero-order chi connectivity index (χ0) is 45.2. The third-order valence-electron chi connectivity index (χ3n) is 13.1. The molecule has 68 heavy (non-hydrogen) atoms. The Kier molecular flexibility index (Phi) is 11.3. The maximum Gasteiger partial charge on any atom is 0.122 e. The molecular weight excluding hydrogens is 1030 g/mol. The van der Waals surface area contributed by atoms with Crippen LogP contribution in [0.5, 0.6) is 0 Å². The Hall–Kier alpha value is -7.21. The molecule has 0 fully saturated rings. The van der Waals surface area contributed by atoms with Crippen LogP contribution in [0.4, 0.5) is 0 Å². The molecule has 4 aromatic heterocycles. The summed E-state index contributed by atoms with van der Waals surface area (Å²) in [6, 6.07) is 71.2. The van der Waals surface area contributed by atoms with Gasteiger partial charge in [0.1, 0.15) is 5.58 Å². The van der Waals surface area contributed by atoms with Crippen molar-refractivity contribution in [2.24, 2.45) is 0 Å². The van der Waals surface area contributed by atoms with Gasteiger partial charge < -0.3 is 14.0 Å². The molecule has 4 heterocycles. The zero-order valence-electron chi connectivity index (χ0n) is 38.0. The van der Waals surface area contributed by atoms with Gasteiger partial charge in [0.2, 0.25) is 0 Å². The topological polar surface area (TPSA) is 43.9 Å². The van der Waals surface area contributed by atoms with Gasteiger partial charge in [-0.05, 0) is 93.7 Å². The Balaban J connectivity index is 0.000000161. The summed E-state index contributed by atoms with van der Waals surface area (Å²) in [5, 5.41) is 9.75. The normalized spacial score (nSPS) is 11.7. The second-order valence-electron chi connectivity index (χ2n) is 17.9. The molecule has 0 spiro atoms. The van der Waals surface area contributed by atoms with E-state index in [0.717, 1.165) is 55.6 Å². The molecule has 0 aliphatic rings. The van der Waals surface area contributed by atoms with Gasteiger partial charge in [0.05, 0.1) is 22.4 Å². The van der Waals surface area contributed by atoms with E-state index in [0.29, 0.717) is 11.8 Å². The maximum absolute atomic E-state index is 6.28. The molecule has 4 nitrogen and oxygen atoms in total. The van der Waals surface area contributed by atoms with Crippen molar-refractivity contribution in [3.8, 4) is 39.5 Å². The Morgan fingerprint density at radius 2 is 1.28 bits per heavy atom. The van der Waals surface area contributed by atoms with E-state index in [2.05, 4.69) is 207 Å². The van der Waals surface area contributed by atoms with Gasteiger partial charge in [-0.25, -0.2) is 0 Å². The van der Waals surface area contributed by atoms with Crippen LogP contribution in [0.1, 0.15) is 50.7 Å². The number of hydrogen-bond donors (Lipinski definition) is 0. The number of nitrogens with zero attached hydrogens (tertiary/aromatic N) is 3. The zero-order valence-corrected chi connectivity index (χ0v) is 41.3. The molecule has 9 aromatic carbocycles. The summed E-state index contributed by atoms with van der Waals surface area (Å²) in [4.78, 5) is 9.71. The largest absolute Gasteiger partial charge is 0.501 e. The minimum absolute atomic E-state index is 0. The number of hydrogen-bond acceptors (Lipinski definition) is 4. The van der Waals surface area contributed by atoms with Gasteiger partial charge in [-0.2, -0.15) is 0 Å². The van der Waals surface area contributed by atoms with Crippen molar-refractivity contribution in [2.75, 3.05) is 0 Å². The molecule has 0 unspecified atom stereocenters. The fourth-order valence-corrected chi connectivity index (χ4v) is 10.9. The van der Waals surface area contributed by atoms with Crippen molar-refractivity contribution < 1.29 is 24.5 Å². The molecule has 0 N–H and O–H groups in total. The fourth-order valence-electron chi connectivity index (χ4n) is 9.79. The fraction of sp³-hybridized carbons (Fsp3) is 0.0968. The predicted octanol–water partition coefficient (Wildman–Crippen LogP) is 17.5. The standard InChI is InChI=1S/C39H33N2.C23H12NOS.Ir/c1-25(2)34-23-31(27-12-6-5-7-13-27)24-35(26(3)4)38(34)41-37-17-11-10-16-36(37)40-39(41)30-20-21-33-29(22-30)19-18-28-14-8-9-15-32(28)33;1-2-10-21-14(6-1)18-12-17-15-7-5-8-16(19-9-3-4-11-24-19)23(15)25-20(17)13-22(18)26-21;/h5-19,21-26H,1-4H3;1-7,9-13H;/q2*-1;. The second-order valence-corrected chi connectivity index (χ2v) is 19.0. The van der Waals surface area contributed by atoms with E-state index in [1.807, 2.05) is 24.3 Å². The van der Waals surface area contributed by atoms with E-state index in [4.69, 9.17) is 9.40 Å². The van der Waals surface area contributed by atoms with E-state index in [-0.39, 0.29) is 20.1 Å². The average Bonchev–Trinajstić information content (AvgIpc) is 4.06. The van der Waals surface area contributed by atoms with Crippen molar-refractivity contribution in [2.45, 2.75) is 39.5 Å². The van der Waals surface area contributed by atoms with Crippen LogP contribution < -0.4 is 0 Å². The van der Waals surface area contributed by atoms with E-state index in [1.54, 1.807) is 17.5 Å². The number of benzene rings is 9. The van der Waals surface area contributed by atoms with Gasteiger partial charge in [-0.1, -0.05) is 159 Å². The van der Waals surface area contributed by atoms with Crippen molar-refractivity contribution in [3.05, 3.63) is 211 Å².